The number of carbonyl (C=O) groups is 2. The number of amides is 1. The third-order valence-electron chi connectivity index (χ3n) is 9.97. The predicted molar refractivity (Wildman–Crippen MR) is 179 cm³/mol. The largest absolute Gasteiger partial charge is 0.493 e. The van der Waals surface area contributed by atoms with Crippen LogP contribution < -0.4 is 9.47 Å². The Balaban J connectivity index is 1.52. The Labute approximate surface area is 301 Å². The number of carboxylic acid groups (broad SMARTS) is 1. The maximum atomic E-state index is 14.1. The SMILES string of the molecule is CCCC1N(C(=O)c2cnccc2C(F)(F)F)CCC[C@@]1(Oc1csc(C(F)(F)F)c1)N1CCC(CO)(c2ccccc2OCCCC(=O)O)CC1. The van der Waals surface area contributed by atoms with Gasteiger partial charge in [-0.05, 0) is 44.2 Å². The molecule has 0 radical (unpaired) electrons. The minimum Gasteiger partial charge on any atom is -0.493 e. The molecule has 2 fully saturated rings. The first-order valence-corrected chi connectivity index (χ1v) is 18.0. The van der Waals surface area contributed by atoms with Crippen LogP contribution in [0.3, 0.4) is 0 Å². The van der Waals surface area contributed by atoms with Crippen LogP contribution in [0.15, 0.2) is 54.2 Å². The first kappa shape index (κ1) is 39.3. The minimum atomic E-state index is -4.83. The number of carboxylic acids is 1. The number of aliphatic hydroxyl groups is 1. The number of hydrogen-bond donors (Lipinski definition) is 2. The van der Waals surface area contributed by atoms with Gasteiger partial charge in [-0.25, -0.2) is 0 Å². The van der Waals surface area contributed by atoms with Crippen LogP contribution in [0.25, 0.3) is 0 Å². The number of alkyl halides is 6. The lowest BCUT2D eigenvalue weighted by Crippen LogP contribution is -2.70. The average molecular weight is 758 g/mol. The van der Waals surface area contributed by atoms with Gasteiger partial charge in [0.2, 0.25) is 0 Å². The molecule has 1 aromatic carbocycles. The molecule has 1 unspecified atom stereocenters. The Hall–Kier alpha value is -3.89. The lowest BCUT2D eigenvalue weighted by atomic mass is 9.72. The van der Waals surface area contributed by atoms with Gasteiger partial charge in [0.05, 0.1) is 30.4 Å². The number of halogens is 6. The molecule has 0 spiro atoms. The van der Waals surface area contributed by atoms with Crippen molar-refractivity contribution >= 4 is 23.2 Å². The number of para-hydroxylation sites is 1. The van der Waals surface area contributed by atoms with E-state index < -0.39 is 57.4 Å². The van der Waals surface area contributed by atoms with Gasteiger partial charge in [0.15, 0.2) is 5.72 Å². The summed E-state index contributed by atoms with van der Waals surface area (Å²) in [5.74, 6) is -1.42. The maximum Gasteiger partial charge on any atom is 0.425 e. The van der Waals surface area contributed by atoms with Crippen LogP contribution >= 0.6 is 11.3 Å². The molecule has 2 aliphatic heterocycles. The normalized spacial score (nSPS) is 21.2. The summed E-state index contributed by atoms with van der Waals surface area (Å²) in [7, 11) is 0. The Morgan fingerprint density at radius 1 is 1.04 bits per heavy atom. The lowest BCUT2D eigenvalue weighted by Gasteiger charge is -2.57. The molecule has 0 saturated carbocycles. The monoisotopic (exact) mass is 757 g/mol. The number of pyridine rings is 1. The van der Waals surface area contributed by atoms with Gasteiger partial charge in [-0.1, -0.05) is 31.5 Å². The van der Waals surface area contributed by atoms with Crippen LogP contribution in [-0.2, 0) is 22.6 Å². The second kappa shape index (κ2) is 16.0. The lowest BCUT2D eigenvalue weighted by molar-refractivity contribution is -0.169. The predicted octanol–water partition coefficient (Wildman–Crippen LogP) is 7.63. The number of aliphatic carboxylic acids is 1. The van der Waals surface area contributed by atoms with Crippen molar-refractivity contribution in [2.45, 2.75) is 87.8 Å². The molecule has 16 heteroatoms. The van der Waals surface area contributed by atoms with E-state index in [1.807, 2.05) is 17.9 Å². The molecule has 4 heterocycles. The molecular formula is C36H41F6N3O6S. The van der Waals surface area contributed by atoms with Gasteiger partial charge in [-0.2, -0.15) is 26.3 Å². The number of thiophene rings is 1. The van der Waals surface area contributed by atoms with E-state index in [-0.39, 0.29) is 64.3 Å². The van der Waals surface area contributed by atoms with E-state index in [9.17, 15) is 41.0 Å². The Kier molecular flexibility index (Phi) is 12.1. The molecule has 2 saturated heterocycles. The third-order valence-corrected chi connectivity index (χ3v) is 10.9. The first-order chi connectivity index (χ1) is 24.6. The van der Waals surface area contributed by atoms with Crippen LogP contribution in [0, 0.1) is 0 Å². The number of aliphatic hydroxyl groups excluding tert-OH is 1. The van der Waals surface area contributed by atoms with Gasteiger partial charge in [-0.3, -0.25) is 19.5 Å². The summed E-state index contributed by atoms with van der Waals surface area (Å²) in [4.78, 5) is 31.3. The Morgan fingerprint density at radius 2 is 1.77 bits per heavy atom. The fraction of sp³-hybridized carbons (Fsp3) is 0.528. The second-order valence-corrected chi connectivity index (χ2v) is 14.1. The van der Waals surface area contributed by atoms with E-state index in [1.165, 1.54) is 10.3 Å². The molecule has 2 aliphatic rings. The van der Waals surface area contributed by atoms with Crippen LogP contribution in [0.1, 0.15) is 84.7 Å². The molecule has 0 bridgehead atoms. The summed E-state index contributed by atoms with van der Waals surface area (Å²) < 4.78 is 95.9. The number of rotatable bonds is 13. The van der Waals surface area contributed by atoms with Gasteiger partial charge in [0.25, 0.3) is 5.91 Å². The Bertz CT molecular complexity index is 1690. The summed E-state index contributed by atoms with van der Waals surface area (Å²) >= 11 is 0.464. The van der Waals surface area contributed by atoms with Crippen molar-refractivity contribution in [1.29, 1.82) is 0 Å². The summed E-state index contributed by atoms with van der Waals surface area (Å²) in [6.07, 6.45) is -5.40. The number of aromatic nitrogens is 1. The standard InChI is InChI=1S/C36H41F6N3O6S/c1-2-7-29-34(51-24-20-30(52-22-24)36(40,41)42,12-6-16-45(29)32(49)25-21-43-15-11-26(25)35(37,38)39)44-17-13-33(23-46,14-18-44)27-8-3-4-9-28(27)50-19-5-10-31(47)48/h3-4,8-9,11,15,20-22,29,46H,2,5-7,10,12-14,16-19,23H2,1H3,(H,47,48)/t29?,34-/m0/s1. The molecule has 2 atom stereocenters. The summed E-state index contributed by atoms with van der Waals surface area (Å²) in [6.45, 7) is 2.33. The molecule has 0 aliphatic carbocycles. The Morgan fingerprint density at radius 3 is 2.40 bits per heavy atom. The van der Waals surface area contributed by atoms with E-state index >= 15 is 0 Å². The molecule has 52 heavy (non-hydrogen) atoms. The van der Waals surface area contributed by atoms with E-state index in [0.29, 0.717) is 42.8 Å². The van der Waals surface area contributed by atoms with Crippen molar-refractivity contribution in [3.8, 4) is 11.5 Å². The number of carbonyl (C=O) groups excluding carboxylic acids is 1. The number of ether oxygens (including phenoxy) is 2. The van der Waals surface area contributed by atoms with Gasteiger partial charge >= 0.3 is 18.3 Å². The number of likely N-dealkylation sites (tertiary alicyclic amines) is 2. The highest BCUT2D eigenvalue weighted by Crippen LogP contribution is 2.47. The van der Waals surface area contributed by atoms with Gasteiger partial charge in [0, 0.05) is 67.3 Å². The zero-order valence-electron chi connectivity index (χ0n) is 28.5. The van der Waals surface area contributed by atoms with Crippen molar-refractivity contribution in [2.24, 2.45) is 0 Å². The van der Waals surface area contributed by atoms with Crippen LogP contribution in [-0.4, -0.2) is 81.5 Å². The molecule has 5 rings (SSSR count). The first-order valence-electron chi connectivity index (χ1n) is 17.1. The molecule has 3 aromatic rings. The van der Waals surface area contributed by atoms with Crippen molar-refractivity contribution in [1.82, 2.24) is 14.8 Å². The molecule has 2 aromatic heterocycles. The van der Waals surface area contributed by atoms with Crippen molar-refractivity contribution in [3.05, 3.63) is 75.7 Å². The van der Waals surface area contributed by atoms with Gasteiger partial charge in [0.1, 0.15) is 16.4 Å². The number of nitrogens with zero attached hydrogens (tertiary/aromatic N) is 3. The van der Waals surface area contributed by atoms with Crippen molar-refractivity contribution < 1.29 is 55.6 Å². The molecule has 284 valence electrons. The van der Waals surface area contributed by atoms with E-state index in [1.54, 1.807) is 18.2 Å². The van der Waals surface area contributed by atoms with Crippen LogP contribution in [0.4, 0.5) is 26.3 Å². The van der Waals surface area contributed by atoms with Crippen LogP contribution in [0.2, 0.25) is 0 Å². The fourth-order valence-corrected chi connectivity index (χ4v) is 8.15. The second-order valence-electron chi connectivity index (χ2n) is 13.2. The fourth-order valence-electron chi connectivity index (χ4n) is 7.47. The quantitative estimate of drug-likeness (QED) is 0.135. The molecule has 2 N–H and O–H groups in total. The molecule has 9 nitrogen and oxygen atoms in total. The summed E-state index contributed by atoms with van der Waals surface area (Å²) in [5, 5.41) is 21.1. The molecular weight excluding hydrogens is 716 g/mol. The summed E-state index contributed by atoms with van der Waals surface area (Å²) in [5.41, 5.74) is -3.28. The highest BCUT2D eigenvalue weighted by atomic mass is 32.1. The zero-order valence-corrected chi connectivity index (χ0v) is 29.3. The van der Waals surface area contributed by atoms with Gasteiger partial charge < -0.3 is 24.6 Å². The highest BCUT2D eigenvalue weighted by Gasteiger charge is 2.55. The number of benzene rings is 1. The van der Waals surface area contributed by atoms with E-state index in [4.69, 9.17) is 14.6 Å². The minimum absolute atomic E-state index is 0.0656. The van der Waals surface area contributed by atoms with E-state index in [0.717, 1.165) is 30.1 Å². The smallest absolute Gasteiger partial charge is 0.425 e. The number of piperidine rings is 2. The number of hydrogen-bond acceptors (Lipinski definition) is 8. The maximum absolute atomic E-state index is 14.1. The topological polar surface area (TPSA) is 112 Å². The highest BCUT2D eigenvalue weighted by molar-refractivity contribution is 7.10. The van der Waals surface area contributed by atoms with E-state index in [2.05, 4.69) is 4.98 Å². The molecule has 1 amide bonds. The third kappa shape index (κ3) is 8.33. The zero-order chi connectivity index (χ0) is 37.7. The van der Waals surface area contributed by atoms with Crippen molar-refractivity contribution in [3.63, 3.8) is 0 Å². The van der Waals surface area contributed by atoms with Crippen molar-refractivity contribution in [2.75, 3.05) is 32.8 Å². The average Bonchev–Trinajstić information content (AvgIpc) is 3.60. The van der Waals surface area contributed by atoms with Crippen LogP contribution in [0.5, 0.6) is 11.5 Å². The summed E-state index contributed by atoms with van der Waals surface area (Å²) in [6, 6.07) is 7.94. The van der Waals surface area contributed by atoms with Gasteiger partial charge in [-0.15, -0.1) is 11.3 Å².